The molecule has 2 aromatic rings. The summed E-state index contributed by atoms with van der Waals surface area (Å²) >= 11 is 0. The van der Waals surface area contributed by atoms with E-state index in [1.807, 2.05) is 11.6 Å². The van der Waals surface area contributed by atoms with Crippen molar-refractivity contribution in [3.63, 3.8) is 0 Å². The molecule has 1 aliphatic heterocycles. The number of piperidine rings is 1. The third-order valence-electron chi connectivity index (χ3n) is 5.16. The molecule has 0 radical (unpaired) electrons. The first kappa shape index (κ1) is 16.1. The molecule has 2 amide bonds. The third kappa shape index (κ3) is 3.36. The topological polar surface area (TPSA) is 63.1 Å². The number of likely N-dealkylation sites (tertiary alicyclic amines) is 1. The molecular formula is C18H22FN5O. The highest BCUT2D eigenvalue weighted by Crippen LogP contribution is 2.41. The Kier molecular flexibility index (Phi) is 4.15. The van der Waals surface area contributed by atoms with Gasteiger partial charge >= 0.3 is 6.03 Å². The summed E-state index contributed by atoms with van der Waals surface area (Å²) in [7, 11) is 1.94. The summed E-state index contributed by atoms with van der Waals surface area (Å²) in [5.41, 5.74) is 1.28. The third-order valence-corrected chi connectivity index (χ3v) is 5.16. The molecule has 1 N–H and O–H groups in total. The van der Waals surface area contributed by atoms with Gasteiger partial charge in [0.05, 0.1) is 0 Å². The average Bonchev–Trinajstić information content (AvgIpc) is 3.36. The molecule has 2 fully saturated rings. The van der Waals surface area contributed by atoms with Crippen molar-refractivity contribution in [2.45, 2.75) is 37.5 Å². The van der Waals surface area contributed by atoms with Gasteiger partial charge in [0, 0.05) is 31.7 Å². The summed E-state index contributed by atoms with van der Waals surface area (Å²) in [4.78, 5) is 14.2. The fourth-order valence-corrected chi connectivity index (χ4v) is 3.54. The van der Waals surface area contributed by atoms with Crippen LogP contribution in [0.2, 0.25) is 0 Å². The highest BCUT2D eigenvalue weighted by Gasteiger charge is 2.28. The molecule has 0 atom stereocenters. The zero-order valence-corrected chi connectivity index (χ0v) is 14.3. The molecule has 7 heteroatoms. The number of aromatic nitrogens is 3. The summed E-state index contributed by atoms with van der Waals surface area (Å²) < 4.78 is 16.0. The van der Waals surface area contributed by atoms with Crippen molar-refractivity contribution in [2.24, 2.45) is 7.05 Å². The summed E-state index contributed by atoms with van der Waals surface area (Å²) in [6.07, 6.45) is 5.53. The van der Waals surface area contributed by atoms with E-state index in [1.165, 1.54) is 6.07 Å². The Hall–Kier alpha value is -2.44. The van der Waals surface area contributed by atoms with Gasteiger partial charge in [-0.15, -0.1) is 10.2 Å². The first-order chi connectivity index (χ1) is 12.1. The van der Waals surface area contributed by atoms with Gasteiger partial charge in [-0.05, 0) is 49.3 Å². The number of urea groups is 1. The van der Waals surface area contributed by atoms with Crippen molar-refractivity contribution in [1.82, 2.24) is 19.7 Å². The van der Waals surface area contributed by atoms with Gasteiger partial charge in [-0.1, -0.05) is 6.07 Å². The highest BCUT2D eigenvalue weighted by atomic mass is 19.1. The quantitative estimate of drug-likeness (QED) is 0.930. The van der Waals surface area contributed by atoms with Gasteiger partial charge < -0.3 is 14.8 Å². The Labute approximate surface area is 146 Å². The lowest BCUT2D eigenvalue weighted by Gasteiger charge is -2.31. The number of amides is 2. The van der Waals surface area contributed by atoms with Crippen LogP contribution < -0.4 is 5.32 Å². The van der Waals surface area contributed by atoms with E-state index >= 15 is 0 Å². The second-order valence-corrected chi connectivity index (χ2v) is 7.00. The predicted molar refractivity (Wildman–Crippen MR) is 91.9 cm³/mol. The molecule has 1 aromatic carbocycles. The first-order valence-electron chi connectivity index (χ1n) is 8.81. The van der Waals surface area contributed by atoms with E-state index < -0.39 is 0 Å². The SMILES string of the molecule is Cn1cnnc1C1CCN(C(=O)Nc2ccc(C3CC3)c(F)c2)CC1. The van der Waals surface area contributed by atoms with Gasteiger partial charge in [-0.25, -0.2) is 9.18 Å². The number of carbonyl (C=O) groups is 1. The number of benzene rings is 1. The molecule has 0 bridgehead atoms. The highest BCUT2D eigenvalue weighted by molar-refractivity contribution is 5.89. The minimum Gasteiger partial charge on any atom is -0.324 e. The Morgan fingerprint density at radius 1 is 1.20 bits per heavy atom. The number of rotatable bonds is 3. The summed E-state index contributed by atoms with van der Waals surface area (Å²) in [5.74, 6) is 1.44. The number of carbonyl (C=O) groups excluding carboxylic acids is 1. The number of hydrogen-bond acceptors (Lipinski definition) is 3. The Morgan fingerprint density at radius 3 is 2.56 bits per heavy atom. The number of nitrogens with one attached hydrogen (secondary N) is 1. The minimum atomic E-state index is -0.221. The molecule has 1 saturated carbocycles. The van der Waals surface area contributed by atoms with E-state index in [4.69, 9.17) is 0 Å². The van der Waals surface area contributed by atoms with Crippen LogP contribution in [0.5, 0.6) is 0 Å². The van der Waals surface area contributed by atoms with Gasteiger partial charge in [0.15, 0.2) is 0 Å². The van der Waals surface area contributed by atoms with Gasteiger partial charge in [-0.2, -0.15) is 0 Å². The maximum absolute atomic E-state index is 14.1. The second-order valence-electron chi connectivity index (χ2n) is 7.00. The van der Waals surface area contributed by atoms with E-state index in [1.54, 1.807) is 23.4 Å². The normalized spacial score (nSPS) is 18.4. The predicted octanol–water partition coefficient (Wildman–Crippen LogP) is 3.24. The van der Waals surface area contributed by atoms with Crippen molar-refractivity contribution in [3.05, 3.63) is 41.7 Å². The van der Waals surface area contributed by atoms with Gasteiger partial charge in [-0.3, -0.25) is 0 Å². The summed E-state index contributed by atoms with van der Waals surface area (Å²) in [6, 6.07) is 4.84. The van der Waals surface area contributed by atoms with Crippen LogP contribution in [0.15, 0.2) is 24.5 Å². The second kappa shape index (κ2) is 6.46. The smallest absolute Gasteiger partial charge is 0.321 e. The Morgan fingerprint density at radius 2 is 1.96 bits per heavy atom. The Balaban J connectivity index is 1.34. The molecule has 25 heavy (non-hydrogen) atoms. The molecule has 6 nitrogen and oxygen atoms in total. The van der Waals surface area contributed by atoms with Gasteiger partial charge in [0.1, 0.15) is 18.0 Å². The van der Waals surface area contributed by atoms with Crippen molar-refractivity contribution in [2.75, 3.05) is 18.4 Å². The molecule has 1 aliphatic carbocycles. The van der Waals surface area contributed by atoms with E-state index in [0.717, 1.165) is 37.1 Å². The average molecular weight is 343 g/mol. The standard InChI is InChI=1S/C18H22FN5O/c1-23-11-20-22-17(23)13-6-8-24(9-7-13)18(25)21-14-4-5-15(12-2-3-12)16(19)10-14/h4-5,10-13H,2-3,6-9H2,1H3,(H,21,25). The summed E-state index contributed by atoms with van der Waals surface area (Å²) in [5, 5.41) is 10.9. The first-order valence-corrected chi connectivity index (χ1v) is 8.81. The van der Waals surface area contributed by atoms with E-state index in [2.05, 4.69) is 15.5 Å². The molecule has 2 aliphatic rings. The number of aryl methyl sites for hydroxylation is 1. The largest absolute Gasteiger partial charge is 0.324 e. The lowest BCUT2D eigenvalue weighted by Crippen LogP contribution is -2.40. The van der Waals surface area contributed by atoms with Crippen molar-refractivity contribution in [1.29, 1.82) is 0 Å². The number of halogens is 1. The Bertz CT molecular complexity index is 778. The van der Waals surface area contributed by atoms with Crippen LogP contribution in [0, 0.1) is 5.82 Å². The number of nitrogens with zero attached hydrogens (tertiary/aromatic N) is 4. The van der Waals surface area contributed by atoms with Crippen molar-refractivity contribution < 1.29 is 9.18 Å². The van der Waals surface area contributed by atoms with Crippen molar-refractivity contribution in [3.8, 4) is 0 Å². The maximum atomic E-state index is 14.1. The summed E-state index contributed by atoms with van der Waals surface area (Å²) in [6.45, 7) is 1.32. The molecule has 1 saturated heterocycles. The van der Waals surface area contributed by atoms with E-state index in [9.17, 15) is 9.18 Å². The fraction of sp³-hybridized carbons (Fsp3) is 0.500. The monoisotopic (exact) mass is 343 g/mol. The molecule has 0 spiro atoms. The van der Waals surface area contributed by atoms with E-state index in [0.29, 0.717) is 30.6 Å². The fourth-order valence-electron chi connectivity index (χ4n) is 3.54. The van der Waals surface area contributed by atoms with Crippen LogP contribution in [0.25, 0.3) is 0 Å². The zero-order chi connectivity index (χ0) is 17.4. The van der Waals surface area contributed by atoms with Crippen LogP contribution in [0.3, 0.4) is 0 Å². The van der Waals surface area contributed by atoms with E-state index in [-0.39, 0.29) is 11.8 Å². The molecule has 2 heterocycles. The van der Waals surface area contributed by atoms with Crippen LogP contribution in [-0.4, -0.2) is 38.8 Å². The van der Waals surface area contributed by atoms with Gasteiger partial charge in [0.2, 0.25) is 0 Å². The lowest BCUT2D eigenvalue weighted by atomic mass is 9.96. The minimum absolute atomic E-state index is 0.171. The molecule has 4 rings (SSSR count). The van der Waals surface area contributed by atoms with Crippen LogP contribution in [-0.2, 0) is 7.05 Å². The van der Waals surface area contributed by atoms with Crippen molar-refractivity contribution >= 4 is 11.7 Å². The van der Waals surface area contributed by atoms with Crippen LogP contribution in [0.4, 0.5) is 14.9 Å². The van der Waals surface area contributed by atoms with Crippen LogP contribution in [0.1, 0.15) is 48.9 Å². The molecular weight excluding hydrogens is 321 g/mol. The molecule has 0 unspecified atom stereocenters. The number of hydrogen-bond donors (Lipinski definition) is 1. The maximum Gasteiger partial charge on any atom is 0.321 e. The lowest BCUT2D eigenvalue weighted by molar-refractivity contribution is 0.193. The van der Waals surface area contributed by atoms with Crippen LogP contribution >= 0.6 is 0 Å². The zero-order valence-electron chi connectivity index (χ0n) is 14.3. The van der Waals surface area contributed by atoms with Gasteiger partial charge in [0.25, 0.3) is 0 Å². The number of anilines is 1. The molecule has 1 aromatic heterocycles. The molecule has 132 valence electrons.